The van der Waals surface area contributed by atoms with E-state index < -0.39 is 12.1 Å². The first-order chi connectivity index (χ1) is 6.65. The molecule has 0 heterocycles. The first-order valence-corrected chi connectivity index (χ1v) is 4.92. The summed E-state index contributed by atoms with van der Waals surface area (Å²) < 4.78 is 4.41. The van der Waals surface area contributed by atoms with Crippen LogP contribution in [0.2, 0.25) is 0 Å². The Kier molecular flexibility index (Phi) is 4.07. The third kappa shape index (κ3) is 2.80. The monoisotopic (exact) mass is 200 g/mol. The van der Waals surface area contributed by atoms with Crippen molar-refractivity contribution in [1.29, 1.82) is 0 Å². The summed E-state index contributed by atoms with van der Waals surface area (Å²) in [7, 11) is 1.26. The standard InChI is InChI=1S/C10H16O4/c1-14-10(13)6-9(12)7-4-2-3-5-8(7)11/h7-8,11H,2-6H2,1H3/t7-,8+/m0/s1. The lowest BCUT2D eigenvalue weighted by molar-refractivity contribution is -0.145. The summed E-state index contributed by atoms with van der Waals surface area (Å²) in [5, 5.41) is 9.55. The quantitative estimate of drug-likeness (QED) is 0.537. The Labute approximate surface area is 83.2 Å². The number of aliphatic hydroxyl groups is 1. The molecule has 1 saturated carbocycles. The predicted octanol–water partition coefficient (Wildman–Crippen LogP) is 0.670. The molecule has 2 atom stereocenters. The third-order valence-electron chi connectivity index (χ3n) is 2.69. The first-order valence-electron chi connectivity index (χ1n) is 4.92. The Morgan fingerprint density at radius 2 is 2.00 bits per heavy atom. The molecule has 14 heavy (non-hydrogen) atoms. The van der Waals surface area contributed by atoms with E-state index in [-0.39, 0.29) is 18.1 Å². The topological polar surface area (TPSA) is 63.6 Å². The fourth-order valence-corrected chi connectivity index (χ4v) is 1.83. The van der Waals surface area contributed by atoms with Crippen molar-refractivity contribution in [3.8, 4) is 0 Å². The smallest absolute Gasteiger partial charge is 0.313 e. The SMILES string of the molecule is COC(=O)CC(=O)[C@H]1CCCC[C@H]1O. The van der Waals surface area contributed by atoms with Crippen molar-refractivity contribution >= 4 is 11.8 Å². The van der Waals surface area contributed by atoms with Gasteiger partial charge in [-0.3, -0.25) is 9.59 Å². The fraction of sp³-hybridized carbons (Fsp3) is 0.800. The van der Waals surface area contributed by atoms with Gasteiger partial charge in [-0.25, -0.2) is 0 Å². The molecule has 1 fully saturated rings. The van der Waals surface area contributed by atoms with Gasteiger partial charge in [-0.1, -0.05) is 12.8 Å². The zero-order valence-corrected chi connectivity index (χ0v) is 8.36. The summed E-state index contributed by atoms with van der Waals surface area (Å²) in [5.41, 5.74) is 0. The summed E-state index contributed by atoms with van der Waals surface area (Å²) in [6.07, 6.45) is 2.49. The zero-order valence-electron chi connectivity index (χ0n) is 8.36. The van der Waals surface area contributed by atoms with Crippen LogP contribution in [0.15, 0.2) is 0 Å². The Bertz CT molecular complexity index is 224. The van der Waals surface area contributed by atoms with Crippen LogP contribution in [-0.2, 0) is 14.3 Å². The second-order valence-electron chi connectivity index (χ2n) is 3.68. The minimum Gasteiger partial charge on any atom is -0.469 e. The maximum absolute atomic E-state index is 11.5. The molecule has 4 nitrogen and oxygen atoms in total. The predicted molar refractivity (Wildman–Crippen MR) is 49.6 cm³/mol. The van der Waals surface area contributed by atoms with E-state index in [2.05, 4.69) is 4.74 Å². The van der Waals surface area contributed by atoms with Gasteiger partial charge in [-0.15, -0.1) is 0 Å². The maximum Gasteiger partial charge on any atom is 0.313 e. The number of aliphatic hydroxyl groups excluding tert-OH is 1. The van der Waals surface area contributed by atoms with Crippen molar-refractivity contribution in [2.24, 2.45) is 5.92 Å². The maximum atomic E-state index is 11.5. The molecule has 0 radical (unpaired) electrons. The molecule has 0 unspecified atom stereocenters. The molecule has 1 N–H and O–H groups in total. The molecule has 0 amide bonds. The van der Waals surface area contributed by atoms with Gasteiger partial charge in [0.15, 0.2) is 0 Å². The minimum atomic E-state index is -0.569. The molecule has 0 spiro atoms. The third-order valence-corrected chi connectivity index (χ3v) is 2.69. The van der Waals surface area contributed by atoms with Gasteiger partial charge < -0.3 is 9.84 Å². The number of hydrogen-bond donors (Lipinski definition) is 1. The number of rotatable bonds is 3. The van der Waals surface area contributed by atoms with Gasteiger partial charge in [0.25, 0.3) is 0 Å². The van der Waals surface area contributed by atoms with Crippen LogP contribution in [0.4, 0.5) is 0 Å². The van der Waals surface area contributed by atoms with Crippen molar-refractivity contribution in [3.63, 3.8) is 0 Å². The molecule has 0 aromatic heterocycles. The summed E-state index contributed by atoms with van der Waals surface area (Å²) in [6, 6.07) is 0. The molecular formula is C10H16O4. The second-order valence-corrected chi connectivity index (χ2v) is 3.68. The summed E-state index contributed by atoms with van der Waals surface area (Å²) in [4.78, 5) is 22.4. The Balaban J connectivity index is 2.46. The summed E-state index contributed by atoms with van der Waals surface area (Å²) in [6.45, 7) is 0. The lowest BCUT2D eigenvalue weighted by Gasteiger charge is -2.25. The number of methoxy groups -OCH3 is 1. The number of ether oxygens (including phenoxy) is 1. The van der Waals surface area contributed by atoms with Gasteiger partial charge in [0.05, 0.1) is 13.2 Å². The van der Waals surface area contributed by atoms with Crippen LogP contribution in [0, 0.1) is 5.92 Å². The fourth-order valence-electron chi connectivity index (χ4n) is 1.83. The van der Waals surface area contributed by atoms with Crippen LogP contribution in [0.3, 0.4) is 0 Å². The second kappa shape index (κ2) is 5.10. The van der Waals surface area contributed by atoms with Crippen LogP contribution < -0.4 is 0 Å². The van der Waals surface area contributed by atoms with E-state index >= 15 is 0 Å². The van der Waals surface area contributed by atoms with E-state index in [0.717, 1.165) is 12.8 Å². The summed E-state index contributed by atoms with van der Waals surface area (Å²) in [5.74, 6) is -1.07. The Morgan fingerprint density at radius 1 is 1.36 bits per heavy atom. The molecule has 0 aromatic rings. The van der Waals surface area contributed by atoms with E-state index in [1.807, 2.05) is 0 Å². The average Bonchev–Trinajstić information content (AvgIpc) is 2.18. The molecule has 80 valence electrons. The minimum absolute atomic E-state index is 0.191. The van der Waals surface area contributed by atoms with Crippen LogP contribution in [0.25, 0.3) is 0 Å². The Morgan fingerprint density at radius 3 is 2.57 bits per heavy atom. The van der Waals surface area contributed by atoms with Crippen LogP contribution >= 0.6 is 0 Å². The molecule has 1 aliphatic carbocycles. The van der Waals surface area contributed by atoms with Crippen LogP contribution in [-0.4, -0.2) is 30.1 Å². The van der Waals surface area contributed by atoms with E-state index in [0.29, 0.717) is 12.8 Å². The Hall–Kier alpha value is -0.900. The number of carbonyl (C=O) groups excluding carboxylic acids is 2. The van der Waals surface area contributed by atoms with Gasteiger partial charge in [0.1, 0.15) is 12.2 Å². The van der Waals surface area contributed by atoms with E-state index in [1.54, 1.807) is 0 Å². The molecule has 1 rings (SSSR count). The van der Waals surface area contributed by atoms with Gasteiger partial charge in [-0.05, 0) is 12.8 Å². The first kappa shape index (κ1) is 11.2. The van der Waals surface area contributed by atoms with Crippen LogP contribution in [0.1, 0.15) is 32.1 Å². The van der Waals surface area contributed by atoms with Crippen molar-refractivity contribution in [1.82, 2.24) is 0 Å². The molecule has 4 heteroatoms. The van der Waals surface area contributed by atoms with Crippen molar-refractivity contribution in [2.75, 3.05) is 7.11 Å². The highest BCUT2D eigenvalue weighted by atomic mass is 16.5. The van der Waals surface area contributed by atoms with Crippen LogP contribution in [0.5, 0.6) is 0 Å². The number of carbonyl (C=O) groups is 2. The van der Waals surface area contributed by atoms with Crippen molar-refractivity contribution < 1.29 is 19.4 Å². The molecule has 0 saturated heterocycles. The van der Waals surface area contributed by atoms with Crippen molar-refractivity contribution in [3.05, 3.63) is 0 Å². The summed E-state index contributed by atoms with van der Waals surface area (Å²) >= 11 is 0. The molecule has 0 aliphatic heterocycles. The molecule has 0 bridgehead atoms. The number of hydrogen-bond acceptors (Lipinski definition) is 4. The van der Waals surface area contributed by atoms with Crippen molar-refractivity contribution in [2.45, 2.75) is 38.2 Å². The van der Waals surface area contributed by atoms with E-state index in [4.69, 9.17) is 0 Å². The van der Waals surface area contributed by atoms with E-state index in [9.17, 15) is 14.7 Å². The highest BCUT2D eigenvalue weighted by Gasteiger charge is 2.30. The normalized spacial score (nSPS) is 27.0. The number of ketones is 1. The lowest BCUT2D eigenvalue weighted by Crippen LogP contribution is -2.32. The highest BCUT2D eigenvalue weighted by Crippen LogP contribution is 2.25. The van der Waals surface area contributed by atoms with E-state index in [1.165, 1.54) is 7.11 Å². The average molecular weight is 200 g/mol. The van der Waals surface area contributed by atoms with Gasteiger partial charge in [0.2, 0.25) is 0 Å². The molecule has 0 aromatic carbocycles. The number of Topliss-reactive ketones (excluding diaryl/α,β-unsaturated/α-hetero) is 1. The lowest BCUT2D eigenvalue weighted by atomic mass is 9.83. The zero-order chi connectivity index (χ0) is 10.6. The molecular weight excluding hydrogens is 184 g/mol. The molecule has 1 aliphatic rings. The van der Waals surface area contributed by atoms with Gasteiger partial charge >= 0.3 is 5.97 Å². The van der Waals surface area contributed by atoms with Gasteiger partial charge in [0, 0.05) is 5.92 Å². The number of esters is 1. The highest BCUT2D eigenvalue weighted by molar-refractivity contribution is 5.97. The van der Waals surface area contributed by atoms with Gasteiger partial charge in [-0.2, -0.15) is 0 Å². The largest absolute Gasteiger partial charge is 0.469 e.